The lowest BCUT2D eigenvalue weighted by Gasteiger charge is -2.27. The van der Waals surface area contributed by atoms with E-state index in [0.29, 0.717) is 28.8 Å². The van der Waals surface area contributed by atoms with Crippen LogP contribution in [0.5, 0.6) is 0 Å². The molecule has 1 aliphatic heterocycles. The van der Waals surface area contributed by atoms with Crippen LogP contribution in [0.25, 0.3) is 0 Å². The summed E-state index contributed by atoms with van der Waals surface area (Å²) in [6.07, 6.45) is 5.82. The number of hydrogen-bond donors (Lipinski definition) is 1. The van der Waals surface area contributed by atoms with Crippen molar-refractivity contribution in [1.82, 2.24) is 5.32 Å². The zero-order valence-electron chi connectivity index (χ0n) is 12.6. The normalized spacial score (nSPS) is 28.5. The molecule has 0 aromatic rings. The molecule has 2 rings (SSSR count). The number of sulfone groups is 1. The summed E-state index contributed by atoms with van der Waals surface area (Å²) in [6, 6.07) is 0.718. The predicted octanol–water partition coefficient (Wildman–Crippen LogP) is 2.62. The summed E-state index contributed by atoms with van der Waals surface area (Å²) in [5.41, 5.74) is 0.343. The molecule has 0 aromatic carbocycles. The Kier molecular flexibility index (Phi) is 4.61. The van der Waals surface area contributed by atoms with Gasteiger partial charge in [-0.2, -0.15) is 0 Å². The Balaban J connectivity index is 1.88. The first-order chi connectivity index (χ1) is 8.75. The van der Waals surface area contributed by atoms with Gasteiger partial charge in [0.2, 0.25) is 0 Å². The van der Waals surface area contributed by atoms with Crippen LogP contribution in [0.3, 0.4) is 0 Å². The Bertz CT molecular complexity index is 393. The molecule has 1 aliphatic carbocycles. The number of rotatable bonds is 6. The van der Waals surface area contributed by atoms with Gasteiger partial charge in [0.05, 0.1) is 11.5 Å². The fourth-order valence-electron chi connectivity index (χ4n) is 2.92. The largest absolute Gasteiger partial charge is 0.314 e. The monoisotopic (exact) mass is 287 g/mol. The Morgan fingerprint density at radius 2 is 1.89 bits per heavy atom. The first-order valence-corrected chi connectivity index (χ1v) is 9.51. The summed E-state index contributed by atoms with van der Waals surface area (Å²) in [6.45, 7) is 7.82. The van der Waals surface area contributed by atoms with Crippen molar-refractivity contribution in [3.8, 4) is 0 Å². The summed E-state index contributed by atoms with van der Waals surface area (Å²) < 4.78 is 23.4. The second kappa shape index (κ2) is 5.72. The molecule has 0 spiro atoms. The molecule has 0 radical (unpaired) electrons. The molecule has 0 aromatic heterocycles. The molecular formula is C15H29NO2S. The Hall–Kier alpha value is -0.0900. The van der Waals surface area contributed by atoms with Crippen LogP contribution in [0.4, 0.5) is 0 Å². The molecule has 0 bridgehead atoms. The average Bonchev–Trinajstić information content (AvgIpc) is 3.01. The van der Waals surface area contributed by atoms with Crippen LogP contribution in [-0.4, -0.2) is 32.5 Å². The quantitative estimate of drug-likeness (QED) is 0.817. The highest BCUT2D eigenvalue weighted by atomic mass is 32.2. The summed E-state index contributed by atoms with van der Waals surface area (Å²) in [5.74, 6) is 1.76. The van der Waals surface area contributed by atoms with E-state index in [4.69, 9.17) is 0 Å². The molecular weight excluding hydrogens is 258 g/mol. The van der Waals surface area contributed by atoms with Crippen LogP contribution < -0.4 is 5.32 Å². The molecule has 1 heterocycles. The van der Waals surface area contributed by atoms with Crippen molar-refractivity contribution in [2.45, 2.75) is 58.9 Å². The minimum atomic E-state index is -2.74. The molecule has 1 saturated carbocycles. The molecule has 2 fully saturated rings. The third-order valence-electron chi connectivity index (χ3n) is 4.45. The van der Waals surface area contributed by atoms with Gasteiger partial charge in [0.1, 0.15) is 0 Å². The van der Waals surface area contributed by atoms with E-state index >= 15 is 0 Å². The molecule has 3 nitrogen and oxygen atoms in total. The van der Waals surface area contributed by atoms with Gasteiger partial charge in [-0.05, 0) is 55.9 Å². The van der Waals surface area contributed by atoms with Crippen molar-refractivity contribution < 1.29 is 8.42 Å². The molecule has 19 heavy (non-hydrogen) atoms. The number of nitrogens with one attached hydrogen (secondary N) is 1. The van der Waals surface area contributed by atoms with Crippen molar-refractivity contribution in [2.24, 2.45) is 17.3 Å². The van der Waals surface area contributed by atoms with E-state index < -0.39 is 9.84 Å². The summed E-state index contributed by atoms with van der Waals surface area (Å²) in [5, 5.41) is 3.60. The van der Waals surface area contributed by atoms with Crippen molar-refractivity contribution in [1.29, 1.82) is 0 Å². The minimum Gasteiger partial charge on any atom is -0.314 e. The van der Waals surface area contributed by atoms with Gasteiger partial charge in [0.15, 0.2) is 9.84 Å². The maximum Gasteiger partial charge on any atom is 0.150 e. The lowest BCUT2D eigenvalue weighted by Crippen LogP contribution is -2.31. The van der Waals surface area contributed by atoms with E-state index in [1.165, 1.54) is 19.3 Å². The average molecular weight is 287 g/mol. The SMILES string of the molecule is CC(C)(C)CCC(CNC1CC1)C1CCS(=O)(=O)C1. The fraction of sp³-hybridized carbons (Fsp3) is 1.00. The molecule has 112 valence electrons. The molecule has 0 amide bonds. The van der Waals surface area contributed by atoms with Gasteiger partial charge < -0.3 is 5.32 Å². The second-order valence-electron chi connectivity index (χ2n) is 7.71. The van der Waals surface area contributed by atoms with Crippen LogP contribution in [-0.2, 0) is 9.84 Å². The number of hydrogen-bond acceptors (Lipinski definition) is 3. The lowest BCUT2D eigenvalue weighted by atomic mass is 9.81. The molecule has 1 N–H and O–H groups in total. The topological polar surface area (TPSA) is 46.2 Å². The maximum absolute atomic E-state index is 11.7. The van der Waals surface area contributed by atoms with Gasteiger partial charge in [-0.3, -0.25) is 0 Å². The second-order valence-corrected chi connectivity index (χ2v) is 9.93. The zero-order valence-corrected chi connectivity index (χ0v) is 13.4. The third-order valence-corrected chi connectivity index (χ3v) is 6.24. The Labute approximate surface area is 118 Å². The van der Waals surface area contributed by atoms with Crippen molar-refractivity contribution in [3.05, 3.63) is 0 Å². The Morgan fingerprint density at radius 3 is 2.37 bits per heavy atom. The van der Waals surface area contributed by atoms with Gasteiger partial charge >= 0.3 is 0 Å². The van der Waals surface area contributed by atoms with Crippen LogP contribution in [0.2, 0.25) is 0 Å². The van der Waals surface area contributed by atoms with E-state index in [9.17, 15) is 8.42 Å². The van der Waals surface area contributed by atoms with E-state index in [0.717, 1.165) is 25.4 Å². The molecule has 2 unspecified atom stereocenters. The third kappa shape index (κ3) is 5.42. The van der Waals surface area contributed by atoms with E-state index in [1.807, 2.05) is 0 Å². The predicted molar refractivity (Wildman–Crippen MR) is 80.0 cm³/mol. The highest BCUT2D eigenvalue weighted by molar-refractivity contribution is 7.91. The van der Waals surface area contributed by atoms with Gasteiger partial charge in [0, 0.05) is 6.04 Å². The zero-order chi connectivity index (χ0) is 14.1. The van der Waals surface area contributed by atoms with Crippen LogP contribution in [0, 0.1) is 17.3 Å². The summed E-state index contributed by atoms with van der Waals surface area (Å²) in [4.78, 5) is 0. The highest BCUT2D eigenvalue weighted by Crippen LogP contribution is 2.33. The molecule has 2 aliphatic rings. The van der Waals surface area contributed by atoms with Gasteiger partial charge in [-0.25, -0.2) is 8.42 Å². The van der Waals surface area contributed by atoms with Crippen LogP contribution >= 0.6 is 0 Å². The van der Waals surface area contributed by atoms with Crippen molar-refractivity contribution in [2.75, 3.05) is 18.1 Å². The molecule has 1 saturated heterocycles. The van der Waals surface area contributed by atoms with Gasteiger partial charge in [-0.1, -0.05) is 20.8 Å². The smallest absolute Gasteiger partial charge is 0.150 e. The maximum atomic E-state index is 11.7. The standard InChI is InChI=1S/C15H29NO2S/c1-15(2,3)8-6-12(10-16-14-4-5-14)13-7-9-19(17,18)11-13/h12-14,16H,4-11H2,1-3H3. The van der Waals surface area contributed by atoms with Crippen LogP contribution in [0.15, 0.2) is 0 Å². The van der Waals surface area contributed by atoms with E-state index in [2.05, 4.69) is 26.1 Å². The van der Waals surface area contributed by atoms with Gasteiger partial charge in [-0.15, -0.1) is 0 Å². The molecule has 4 heteroatoms. The van der Waals surface area contributed by atoms with Crippen LogP contribution in [0.1, 0.15) is 52.9 Å². The lowest BCUT2D eigenvalue weighted by molar-refractivity contribution is 0.263. The summed E-state index contributed by atoms with van der Waals surface area (Å²) in [7, 11) is -2.74. The highest BCUT2D eigenvalue weighted by Gasteiger charge is 2.34. The first kappa shape index (κ1) is 15.3. The summed E-state index contributed by atoms with van der Waals surface area (Å²) >= 11 is 0. The van der Waals surface area contributed by atoms with Gasteiger partial charge in [0.25, 0.3) is 0 Å². The van der Waals surface area contributed by atoms with Crippen molar-refractivity contribution in [3.63, 3.8) is 0 Å². The molecule has 2 atom stereocenters. The van der Waals surface area contributed by atoms with E-state index in [-0.39, 0.29) is 0 Å². The van der Waals surface area contributed by atoms with Crippen molar-refractivity contribution >= 4 is 9.84 Å². The van der Waals surface area contributed by atoms with E-state index in [1.54, 1.807) is 0 Å². The Morgan fingerprint density at radius 1 is 1.21 bits per heavy atom. The fourth-order valence-corrected chi connectivity index (χ4v) is 4.84. The minimum absolute atomic E-state index is 0.343. The first-order valence-electron chi connectivity index (χ1n) is 7.69.